The van der Waals surface area contributed by atoms with E-state index < -0.39 is 0 Å². The van der Waals surface area contributed by atoms with Crippen LogP contribution in [-0.2, 0) is 0 Å². The minimum absolute atomic E-state index is 0. The monoisotopic (exact) mass is 322 g/mol. The second-order valence-electron chi connectivity index (χ2n) is 5.50. The molecule has 0 bridgehead atoms. The second kappa shape index (κ2) is 4.33. The maximum Gasteiger partial charge on any atom is 0.298 e. The molecule has 0 spiro atoms. The zero-order valence-electron chi connectivity index (χ0n) is 9.50. The van der Waals surface area contributed by atoms with Crippen molar-refractivity contribution in [1.29, 1.82) is 0 Å². The van der Waals surface area contributed by atoms with Gasteiger partial charge in [-0.15, -0.1) is 0 Å². The number of rotatable bonds is 0. The van der Waals surface area contributed by atoms with Gasteiger partial charge in [0.15, 0.2) is 0 Å². The molecule has 0 aromatic heterocycles. The fourth-order valence-electron chi connectivity index (χ4n) is 1.00. The Labute approximate surface area is 102 Å². The molecule has 0 aliphatic carbocycles. The van der Waals surface area contributed by atoms with E-state index in [2.05, 4.69) is 41.5 Å². The van der Waals surface area contributed by atoms with Gasteiger partial charge < -0.3 is 0 Å². The van der Waals surface area contributed by atoms with Crippen molar-refractivity contribution < 1.29 is 0 Å². The summed E-state index contributed by atoms with van der Waals surface area (Å²) in [6.45, 7) is 14.0. The topological polar surface area (TPSA) is 0 Å². The molecule has 72 valence electrons. The van der Waals surface area contributed by atoms with Gasteiger partial charge in [-0.2, -0.15) is 0 Å². The van der Waals surface area contributed by atoms with Crippen molar-refractivity contribution in [2.75, 3.05) is 0 Å². The third-order valence-corrected chi connectivity index (χ3v) is 7.50. The summed E-state index contributed by atoms with van der Waals surface area (Å²) in [5, 5.41) is 3.57. The summed E-state index contributed by atoms with van der Waals surface area (Å²) in [6.07, 6.45) is 0. The van der Waals surface area contributed by atoms with E-state index >= 15 is 0 Å². The summed E-state index contributed by atoms with van der Waals surface area (Å²) in [7, 11) is 2.10. The third kappa shape index (κ3) is 3.65. The van der Waals surface area contributed by atoms with E-state index in [-0.39, 0.29) is 23.9 Å². The molecule has 1 aliphatic heterocycles. The molecule has 0 N–H and O–H groups in total. The van der Waals surface area contributed by atoms with Gasteiger partial charge in [0.1, 0.15) is 0 Å². The van der Waals surface area contributed by atoms with Crippen molar-refractivity contribution in [3.05, 3.63) is 0 Å². The van der Waals surface area contributed by atoms with Crippen molar-refractivity contribution >= 4 is 50.4 Å². The number of hydrogen-bond acceptors (Lipinski definition) is 0. The summed E-state index contributed by atoms with van der Waals surface area (Å²) >= 11 is 0. The molecule has 3 heteroatoms. The SMILES string of the molecule is CC(C)(C)C1=[PH+]C(C(C)(C)C)=[PH+]1.[Sn]. The predicted octanol–water partition coefficient (Wildman–Crippen LogP) is 3.33. The Morgan fingerprint density at radius 1 is 0.692 bits per heavy atom. The predicted molar refractivity (Wildman–Crippen MR) is 71.3 cm³/mol. The Morgan fingerprint density at radius 3 is 1.08 bits per heavy atom. The van der Waals surface area contributed by atoms with Crippen molar-refractivity contribution in [3.63, 3.8) is 0 Å². The van der Waals surface area contributed by atoms with E-state index in [0.29, 0.717) is 10.8 Å². The Hall–Kier alpha value is 1.14. The minimum atomic E-state index is 0. The van der Waals surface area contributed by atoms with E-state index in [9.17, 15) is 0 Å². The van der Waals surface area contributed by atoms with Gasteiger partial charge >= 0.3 is 0 Å². The first-order valence-electron chi connectivity index (χ1n) is 4.50. The normalized spacial score (nSPS) is 19.2. The fourth-order valence-corrected chi connectivity index (χ4v) is 4.12. The first kappa shape index (κ1) is 14.1. The van der Waals surface area contributed by atoms with Crippen LogP contribution in [0.3, 0.4) is 0 Å². The first-order chi connectivity index (χ1) is 5.21. The van der Waals surface area contributed by atoms with Gasteiger partial charge in [0.2, 0.25) is 16.4 Å². The molecule has 13 heavy (non-hydrogen) atoms. The van der Waals surface area contributed by atoms with Crippen molar-refractivity contribution in [1.82, 2.24) is 0 Å². The molecule has 0 saturated heterocycles. The maximum atomic E-state index is 2.34. The smallest absolute Gasteiger partial charge is 0.0484 e. The summed E-state index contributed by atoms with van der Waals surface area (Å²) in [6, 6.07) is 0. The molecule has 0 atom stereocenters. The first-order valence-corrected chi connectivity index (χ1v) is 6.50. The van der Waals surface area contributed by atoms with E-state index in [1.807, 2.05) is 0 Å². The molecular formula is C10H20P2Sn+2. The van der Waals surface area contributed by atoms with E-state index in [1.54, 1.807) is 10.1 Å². The van der Waals surface area contributed by atoms with Gasteiger partial charge in [-0.05, 0) is 41.5 Å². The minimum Gasteiger partial charge on any atom is -0.0484 e. The van der Waals surface area contributed by atoms with Gasteiger partial charge in [0.05, 0.1) is 10.8 Å². The number of hydrogen-bond donors (Lipinski definition) is 0. The van der Waals surface area contributed by atoms with Crippen LogP contribution in [0.5, 0.6) is 0 Å². The molecule has 0 aromatic rings. The van der Waals surface area contributed by atoms with Crippen molar-refractivity contribution in [2.45, 2.75) is 41.5 Å². The van der Waals surface area contributed by atoms with E-state index in [4.69, 9.17) is 0 Å². The largest absolute Gasteiger partial charge is 0.298 e. The molecule has 0 fully saturated rings. The van der Waals surface area contributed by atoms with Crippen molar-refractivity contribution in [3.8, 4) is 0 Å². The fraction of sp³-hybridized carbons (Fsp3) is 0.800. The molecule has 1 heterocycles. The molecule has 1 rings (SSSR count). The quantitative estimate of drug-likeness (QED) is 0.474. The molecular weight excluding hydrogens is 301 g/mol. The molecule has 0 unspecified atom stereocenters. The molecule has 0 saturated carbocycles. The van der Waals surface area contributed by atoms with Crippen molar-refractivity contribution in [2.24, 2.45) is 10.8 Å². The Balaban J connectivity index is 0.00000144. The van der Waals surface area contributed by atoms with Crippen LogP contribution in [-0.4, -0.2) is 34.0 Å². The Bertz CT molecular complexity index is 218. The van der Waals surface area contributed by atoms with Crippen LogP contribution in [0.25, 0.3) is 0 Å². The average Bonchev–Trinajstić information content (AvgIpc) is 1.46. The van der Waals surface area contributed by atoms with Crippen LogP contribution in [0.2, 0.25) is 0 Å². The van der Waals surface area contributed by atoms with Crippen LogP contribution in [0.15, 0.2) is 0 Å². The van der Waals surface area contributed by atoms with Gasteiger partial charge in [-0.1, -0.05) is 0 Å². The van der Waals surface area contributed by atoms with Gasteiger partial charge in [-0.3, -0.25) is 0 Å². The summed E-state index contributed by atoms with van der Waals surface area (Å²) < 4.78 is 0. The molecule has 0 aromatic carbocycles. The summed E-state index contributed by atoms with van der Waals surface area (Å²) in [5.41, 5.74) is 0.928. The zero-order chi connectivity index (χ0) is 9.57. The second-order valence-corrected chi connectivity index (χ2v) is 9.00. The van der Waals surface area contributed by atoms with Gasteiger partial charge in [0.25, 0.3) is 10.1 Å². The Kier molecular flexibility index (Phi) is 4.71. The van der Waals surface area contributed by atoms with E-state index in [1.165, 1.54) is 0 Å². The van der Waals surface area contributed by atoms with Crippen LogP contribution < -0.4 is 0 Å². The summed E-state index contributed by atoms with van der Waals surface area (Å²) in [4.78, 5) is 0. The van der Waals surface area contributed by atoms with Crippen LogP contribution >= 0.6 is 16.4 Å². The van der Waals surface area contributed by atoms with E-state index in [0.717, 1.165) is 16.4 Å². The van der Waals surface area contributed by atoms with Crippen LogP contribution in [0.1, 0.15) is 41.5 Å². The third-order valence-electron chi connectivity index (χ3n) is 2.00. The zero-order valence-corrected chi connectivity index (χ0v) is 14.4. The summed E-state index contributed by atoms with van der Waals surface area (Å²) in [5.74, 6) is 0. The van der Waals surface area contributed by atoms with Crippen LogP contribution in [0, 0.1) is 10.8 Å². The molecule has 0 amide bonds. The molecule has 4 radical (unpaired) electrons. The van der Waals surface area contributed by atoms with Gasteiger partial charge in [-0.25, -0.2) is 0 Å². The Morgan fingerprint density at radius 2 is 0.923 bits per heavy atom. The average molecular weight is 321 g/mol. The van der Waals surface area contributed by atoms with Gasteiger partial charge in [0, 0.05) is 23.9 Å². The molecule has 1 aliphatic rings. The standard InChI is InChI=1S/C10H18P2.Sn/c1-9(2,3)7-11-8(12-7)10(4,5)6;/h1-6H3;/p+2. The van der Waals surface area contributed by atoms with Crippen LogP contribution in [0.4, 0.5) is 0 Å². The maximum absolute atomic E-state index is 2.34. The molecule has 0 nitrogen and oxygen atoms in total.